The first-order valence-corrected chi connectivity index (χ1v) is 12.6. The summed E-state index contributed by atoms with van der Waals surface area (Å²) < 4.78 is 21.6. The van der Waals surface area contributed by atoms with Crippen LogP contribution in [0.3, 0.4) is 0 Å². The van der Waals surface area contributed by atoms with E-state index >= 15 is 0 Å². The van der Waals surface area contributed by atoms with E-state index in [4.69, 9.17) is 18.9 Å². The van der Waals surface area contributed by atoms with Crippen LogP contribution in [-0.2, 0) is 19.1 Å². The van der Waals surface area contributed by atoms with Gasteiger partial charge in [-0.3, -0.25) is 4.79 Å². The SMILES string of the molecule is CCOCCOC(=O)C1=C(C)NC2=C(C(=O)C[C@@H](c3ccc(OC)c(OC)c3)C2)[C@H]1c1cccs1. The second-order valence-electron chi connectivity index (χ2n) is 8.48. The molecule has 2 heterocycles. The molecule has 8 heteroatoms. The van der Waals surface area contributed by atoms with Gasteiger partial charge in [-0.1, -0.05) is 12.1 Å². The van der Waals surface area contributed by atoms with Gasteiger partial charge in [0.15, 0.2) is 17.3 Å². The Kier molecular flexibility index (Phi) is 7.93. The molecule has 0 saturated heterocycles. The minimum absolute atomic E-state index is 0.00923. The molecule has 7 nitrogen and oxygen atoms in total. The summed E-state index contributed by atoms with van der Waals surface area (Å²) in [4.78, 5) is 27.7. The highest BCUT2D eigenvalue weighted by Crippen LogP contribution is 2.47. The first-order valence-electron chi connectivity index (χ1n) is 11.7. The Morgan fingerprint density at radius 2 is 1.91 bits per heavy atom. The predicted octanol–water partition coefficient (Wildman–Crippen LogP) is 4.71. The van der Waals surface area contributed by atoms with Gasteiger partial charge in [0.2, 0.25) is 0 Å². The molecule has 1 aromatic heterocycles. The van der Waals surface area contributed by atoms with Gasteiger partial charge < -0.3 is 24.3 Å². The van der Waals surface area contributed by atoms with Crippen LogP contribution in [0.2, 0.25) is 0 Å². The summed E-state index contributed by atoms with van der Waals surface area (Å²) in [5.41, 5.74) is 3.74. The maximum atomic E-state index is 13.6. The van der Waals surface area contributed by atoms with Crippen molar-refractivity contribution < 1.29 is 28.5 Å². The third kappa shape index (κ3) is 5.13. The molecule has 186 valence electrons. The van der Waals surface area contributed by atoms with Gasteiger partial charge in [0.1, 0.15) is 6.61 Å². The van der Waals surface area contributed by atoms with Crippen LogP contribution in [0.1, 0.15) is 49.0 Å². The van der Waals surface area contributed by atoms with Gasteiger partial charge in [0.05, 0.1) is 32.3 Å². The number of allylic oxidation sites excluding steroid dienone is 3. The van der Waals surface area contributed by atoms with Crippen LogP contribution >= 0.6 is 11.3 Å². The van der Waals surface area contributed by atoms with Crippen LogP contribution in [0.5, 0.6) is 11.5 Å². The highest BCUT2D eigenvalue weighted by atomic mass is 32.1. The summed E-state index contributed by atoms with van der Waals surface area (Å²) in [5, 5.41) is 5.34. The normalized spacial score (nSPS) is 19.8. The van der Waals surface area contributed by atoms with Crippen LogP contribution in [0.25, 0.3) is 0 Å². The fourth-order valence-corrected chi connectivity index (χ4v) is 5.65. The summed E-state index contributed by atoms with van der Waals surface area (Å²) in [6.07, 6.45) is 1.01. The molecule has 1 aromatic carbocycles. The van der Waals surface area contributed by atoms with Crippen molar-refractivity contribution in [1.82, 2.24) is 5.32 Å². The molecule has 0 unspecified atom stereocenters. The fraction of sp³-hybridized carbons (Fsp3) is 0.407. The van der Waals surface area contributed by atoms with Crippen molar-refractivity contribution in [2.24, 2.45) is 0 Å². The molecule has 2 aromatic rings. The number of methoxy groups -OCH3 is 2. The first kappa shape index (κ1) is 25.0. The number of hydrogen-bond donors (Lipinski definition) is 1. The average molecular weight is 498 g/mol. The second kappa shape index (κ2) is 11.1. The zero-order valence-corrected chi connectivity index (χ0v) is 21.3. The van der Waals surface area contributed by atoms with E-state index in [-0.39, 0.29) is 18.3 Å². The Bertz CT molecular complexity index is 1150. The Hall–Kier alpha value is -3.10. The Morgan fingerprint density at radius 3 is 2.60 bits per heavy atom. The lowest BCUT2D eigenvalue weighted by Crippen LogP contribution is -2.36. The number of rotatable bonds is 9. The topological polar surface area (TPSA) is 83.1 Å². The molecule has 1 N–H and O–H groups in total. The number of ether oxygens (including phenoxy) is 4. The second-order valence-corrected chi connectivity index (χ2v) is 9.46. The number of hydrogen-bond acceptors (Lipinski definition) is 8. The third-order valence-electron chi connectivity index (χ3n) is 6.42. The minimum atomic E-state index is -0.440. The highest BCUT2D eigenvalue weighted by molar-refractivity contribution is 7.10. The first-order chi connectivity index (χ1) is 17.0. The van der Waals surface area contributed by atoms with Crippen molar-refractivity contribution in [3.05, 3.63) is 68.7 Å². The molecule has 0 radical (unpaired) electrons. The Labute approximate surface area is 209 Å². The van der Waals surface area contributed by atoms with E-state index in [0.717, 1.165) is 16.1 Å². The number of benzene rings is 1. The number of nitrogens with one attached hydrogen (secondary N) is 1. The lowest BCUT2D eigenvalue weighted by molar-refractivity contribution is -0.140. The molecule has 0 amide bonds. The Morgan fingerprint density at radius 1 is 1.11 bits per heavy atom. The van der Waals surface area contributed by atoms with Gasteiger partial charge in [-0.05, 0) is 55.3 Å². The smallest absolute Gasteiger partial charge is 0.336 e. The minimum Gasteiger partial charge on any atom is -0.493 e. The number of carbonyl (C=O) groups is 2. The lowest BCUT2D eigenvalue weighted by Gasteiger charge is -2.36. The predicted molar refractivity (Wildman–Crippen MR) is 134 cm³/mol. The zero-order chi connectivity index (χ0) is 24.9. The summed E-state index contributed by atoms with van der Waals surface area (Å²) in [7, 11) is 3.20. The molecule has 1 aliphatic heterocycles. The van der Waals surface area contributed by atoms with Gasteiger partial charge in [0.25, 0.3) is 0 Å². The number of ketones is 1. The van der Waals surface area contributed by atoms with Gasteiger partial charge in [-0.15, -0.1) is 11.3 Å². The van der Waals surface area contributed by atoms with Gasteiger partial charge in [-0.2, -0.15) is 0 Å². The van der Waals surface area contributed by atoms with Crippen LogP contribution in [0, 0.1) is 0 Å². The molecule has 2 atom stereocenters. The van der Waals surface area contributed by atoms with E-state index in [0.29, 0.717) is 54.4 Å². The van der Waals surface area contributed by atoms with Gasteiger partial charge >= 0.3 is 5.97 Å². The molecule has 0 bridgehead atoms. The van der Waals surface area contributed by atoms with Crippen LogP contribution in [-0.4, -0.2) is 45.8 Å². The third-order valence-corrected chi connectivity index (χ3v) is 7.36. The molecule has 4 rings (SSSR count). The number of dihydropyridines is 1. The van der Waals surface area contributed by atoms with Crippen molar-refractivity contribution in [1.29, 1.82) is 0 Å². The number of thiophene rings is 1. The number of carbonyl (C=O) groups excluding carboxylic acids is 2. The zero-order valence-electron chi connectivity index (χ0n) is 20.5. The van der Waals surface area contributed by atoms with Gasteiger partial charge in [0, 0.05) is 34.9 Å². The summed E-state index contributed by atoms with van der Waals surface area (Å²) in [6.45, 7) is 4.83. The quantitative estimate of drug-likeness (QED) is 0.397. The monoisotopic (exact) mass is 497 g/mol. The van der Waals surface area contributed by atoms with E-state index in [1.807, 2.05) is 49.6 Å². The van der Waals surface area contributed by atoms with Gasteiger partial charge in [-0.25, -0.2) is 4.79 Å². The fourth-order valence-electron chi connectivity index (χ4n) is 4.81. The van der Waals surface area contributed by atoms with Crippen molar-refractivity contribution >= 4 is 23.1 Å². The molecular weight excluding hydrogens is 466 g/mol. The largest absolute Gasteiger partial charge is 0.493 e. The van der Waals surface area contributed by atoms with Crippen LogP contribution in [0.15, 0.2) is 58.3 Å². The van der Waals surface area contributed by atoms with Crippen LogP contribution < -0.4 is 14.8 Å². The summed E-state index contributed by atoms with van der Waals surface area (Å²) >= 11 is 1.54. The molecule has 2 aliphatic rings. The molecule has 1 aliphatic carbocycles. The molecule has 35 heavy (non-hydrogen) atoms. The average Bonchev–Trinajstić information content (AvgIpc) is 3.39. The van der Waals surface area contributed by atoms with Crippen LogP contribution in [0.4, 0.5) is 0 Å². The summed E-state index contributed by atoms with van der Waals surface area (Å²) in [6, 6.07) is 9.70. The van der Waals surface area contributed by atoms with E-state index in [1.54, 1.807) is 14.2 Å². The van der Waals surface area contributed by atoms with E-state index in [1.165, 1.54) is 11.3 Å². The summed E-state index contributed by atoms with van der Waals surface area (Å²) in [5.74, 6) is 0.449. The molecule has 0 saturated carbocycles. The standard InChI is InChI=1S/C27H31NO6S/c1-5-33-10-11-34-27(30)24-16(2)28-19-13-18(17-8-9-21(31-3)22(15-17)32-4)14-20(29)25(19)26(24)23-7-6-12-35-23/h6-9,12,15,18,26,28H,5,10-11,13-14H2,1-4H3/t18-,26-/m0/s1. The van der Waals surface area contributed by atoms with E-state index < -0.39 is 11.9 Å². The van der Waals surface area contributed by atoms with E-state index in [2.05, 4.69) is 5.32 Å². The van der Waals surface area contributed by atoms with Crippen molar-refractivity contribution in [3.63, 3.8) is 0 Å². The number of esters is 1. The van der Waals surface area contributed by atoms with Crippen molar-refractivity contribution in [2.45, 2.75) is 38.5 Å². The molecule has 0 fully saturated rings. The molecular formula is C27H31NO6S. The maximum Gasteiger partial charge on any atom is 0.336 e. The molecule has 0 spiro atoms. The lowest BCUT2D eigenvalue weighted by atomic mass is 9.73. The van der Waals surface area contributed by atoms with Crippen molar-refractivity contribution in [3.8, 4) is 11.5 Å². The van der Waals surface area contributed by atoms with E-state index in [9.17, 15) is 9.59 Å². The highest BCUT2D eigenvalue weighted by Gasteiger charge is 2.42. The maximum absolute atomic E-state index is 13.6. The number of Topliss-reactive ketones (excluding diaryl/α,β-unsaturated/α-hetero) is 1. The van der Waals surface area contributed by atoms with Crippen molar-refractivity contribution in [2.75, 3.05) is 34.0 Å². The Balaban J connectivity index is 1.66.